The number of pyridine rings is 1. The maximum absolute atomic E-state index is 12.4. The third-order valence-electron chi connectivity index (χ3n) is 3.80. The van der Waals surface area contributed by atoms with Crippen molar-refractivity contribution in [3.8, 4) is 0 Å². The summed E-state index contributed by atoms with van der Waals surface area (Å²) in [5, 5.41) is 4.21. The Kier molecular flexibility index (Phi) is 2.39. The van der Waals surface area contributed by atoms with E-state index in [-0.39, 0.29) is 5.91 Å². The summed E-state index contributed by atoms with van der Waals surface area (Å²) < 4.78 is 3.89. The van der Waals surface area contributed by atoms with Crippen LogP contribution in [0.2, 0.25) is 0 Å². The van der Waals surface area contributed by atoms with Crippen molar-refractivity contribution in [1.82, 2.24) is 19.1 Å². The van der Waals surface area contributed by atoms with Crippen LogP contribution in [0.3, 0.4) is 0 Å². The molecule has 20 heavy (non-hydrogen) atoms. The highest BCUT2D eigenvalue weighted by molar-refractivity contribution is 5.96. The lowest BCUT2D eigenvalue weighted by atomic mass is 10.1. The van der Waals surface area contributed by atoms with Crippen LogP contribution in [0, 0.1) is 0 Å². The highest BCUT2D eigenvalue weighted by Gasteiger charge is 2.32. The molecule has 0 aliphatic carbocycles. The van der Waals surface area contributed by atoms with Gasteiger partial charge in [-0.3, -0.25) is 9.48 Å². The molecule has 4 rings (SSSR count). The smallest absolute Gasteiger partial charge is 0.255 e. The number of carbonyl (C=O) groups is 1. The van der Waals surface area contributed by atoms with E-state index < -0.39 is 0 Å². The Morgan fingerprint density at radius 2 is 2.10 bits per heavy atom. The molecule has 5 heteroatoms. The molecular formula is C15H14N4O. The van der Waals surface area contributed by atoms with Gasteiger partial charge < -0.3 is 9.30 Å². The molecule has 3 aromatic rings. The van der Waals surface area contributed by atoms with E-state index in [0.717, 1.165) is 24.2 Å². The molecule has 5 nitrogen and oxygen atoms in total. The van der Waals surface area contributed by atoms with E-state index >= 15 is 0 Å². The molecule has 0 unspecified atom stereocenters. The Balaban J connectivity index is 1.51. The van der Waals surface area contributed by atoms with Gasteiger partial charge in [-0.2, -0.15) is 5.10 Å². The number of fused-ring (bicyclic) bond motifs is 1. The van der Waals surface area contributed by atoms with E-state index in [1.807, 2.05) is 62.9 Å². The summed E-state index contributed by atoms with van der Waals surface area (Å²) in [6.07, 6.45) is 7.55. The molecule has 0 spiro atoms. The molecule has 0 bridgehead atoms. The summed E-state index contributed by atoms with van der Waals surface area (Å²) >= 11 is 0. The molecule has 0 N–H and O–H groups in total. The normalized spacial score (nSPS) is 15.5. The van der Waals surface area contributed by atoms with E-state index in [4.69, 9.17) is 0 Å². The summed E-state index contributed by atoms with van der Waals surface area (Å²) in [5.41, 5.74) is 1.79. The molecule has 0 radical (unpaired) electrons. The summed E-state index contributed by atoms with van der Waals surface area (Å²) in [6.45, 7) is 1.46. The Bertz CT molecular complexity index is 720. The van der Waals surface area contributed by atoms with Crippen LogP contribution >= 0.6 is 0 Å². The van der Waals surface area contributed by atoms with Gasteiger partial charge in [0.15, 0.2) is 0 Å². The fraction of sp³-hybridized carbons (Fsp3) is 0.200. The molecule has 0 saturated carbocycles. The minimum absolute atomic E-state index is 0.0945. The number of amides is 1. The van der Waals surface area contributed by atoms with Gasteiger partial charge in [-0.25, -0.2) is 0 Å². The molecule has 0 aromatic carbocycles. The van der Waals surface area contributed by atoms with E-state index in [2.05, 4.69) is 5.10 Å². The third kappa shape index (κ3) is 1.71. The van der Waals surface area contributed by atoms with Gasteiger partial charge in [0.05, 0.1) is 11.6 Å². The lowest BCUT2D eigenvalue weighted by molar-refractivity contribution is 0.0502. The number of hydrogen-bond donors (Lipinski definition) is 0. The molecule has 1 aliphatic rings. The lowest BCUT2D eigenvalue weighted by Gasteiger charge is -2.39. The Morgan fingerprint density at radius 3 is 2.85 bits per heavy atom. The maximum atomic E-state index is 12.4. The van der Waals surface area contributed by atoms with Crippen molar-refractivity contribution < 1.29 is 4.79 Å². The van der Waals surface area contributed by atoms with Crippen molar-refractivity contribution in [3.05, 3.63) is 60.7 Å². The average molecular weight is 266 g/mol. The summed E-state index contributed by atoms with van der Waals surface area (Å²) in [5.74, 6) is 0.0945. The minimum atomic E-state index is 0.0945. The third-order valence-corrected chi connectivity index (χ3v) is 3.80. The van der Waals surface area contributed by atoms with E-state index in [1.54, 1.807) is 6.20 Å². The topological polar surface area (TPSA) is 42.5 Å². The van der Waals surface area contributed by atoms with Crippen molar-refractivity contribution in [2.45, 2.75) is 6.04 Å². The monoisotopic (exact) mass is 266 g/mol. The molecule has 1 saturated heterocycles. The van der Waals surface area contributed by atoms with Crippen molar-refractivity contribution >= 4 is 11.4 Å². The van der Waals surface area contributed by atoms with Crippen LogP contribution in [0.15, 0.2) is 55.1 Å². The first-order valence-electron chi connectivity index (χ1n) is 6.66. The molecule has 4 heterocycles. The van der Waals surface area contributed by atoms with Crippen molar-refractivity contribution in [1.29, 1.82) is 0 Å². The largest absolute Gasteiger partial charge is 0.334 e. The van der Waals surface area contributed by atoms with Gasteiger partial charge in [-0.15, -0.1) is 0 Å². The average Bonchev–Trinajstić information content (AvgIpc) is 3.05. The van der Waals surface area contributed by atoms with E-state index in [1.165, 1.54) is 0 Å². The number of carbonyl (C=O) groups excluding carboxylic acids is 1. The predicted octanol–water partition coefficient (Wildman–Crippen LogP) is 1.83. The van der Waals surface area contributed by atoms with Gasteiger partial charge in [0.2, 0.25) is 0 Å². The summed E-state index contributed by atoms with van der Waals surface area (Å²) in [6, 6.07) is 10.1. The predicted molar refractivity (Wildman–Crippen MR) is 74.6 cm³/mol. The van der Waals surface area contributed by atoms with Crippen LogP contribution in [0.25, 0.3) is 5.52 Å². The second kappa shape index (κ2) is 4.23. The number of aromatic nitrogens is 3. The number of hydrogen-bond acceptors (Lipinski definition) is 2. The first kappa shape index (κ1) is 11.3. The van der Waals surface area contributed by atoms with Crippen LogP contribution < -0.4 is 0 Å². The fourth-order valence-corrected chi connectivity index (χ4v) is 2.64. The molecule has 3 aromatic heterocycles. The van der Waals surface area contributed by atoms with Gasteiger partial charge in [0.1, 0.15) is 0 Å². The van der Waals surface area contributed by atoms with Gasteiger partial charge >= 0.3 is 0 Å². The molecule has 100 valence electrons. The van der Waals surface area contributed by atoms with Crippen LogP contribution in [0.1, 0.15) is 16.4 Å². The Morgan fingerprint density at radius 1 is 1.20 bits per heavy atom. The molecule has 0 atom stereocenters. The Hall–Kier alpha value is -2.56. The van der Waals surface area contributed by atoms with E-state index in [9.17, 15) is 4.79 Å². The molecule has 1 amide bonds. The van der Waals surface area contributed by atoms with Crippen LogP contribution in [-0.2, 0) is 0 Å². The van der Waals surface area contributed by atoms with E-state index in [0.29, 0.717) is 6.04 Å². The van der Waals surface area contributed by atoms with Crippen LogP contribution in [0.4, 0.5) is 0 Å². The Labute approximate surface area is 116 Å². The second-order valence-electron chi connectivity index (χ2n) is 5.11. The number of likely N-dealkylation sites (tertiary alicyclic amines) is 1. The van der Waals surface area contributed by atoms with Gasteiger partial charge in [-0.05, 0) is 24.3 Å². The first-order chi connectivity index (χ1) is 9.81. The number of rotatable bonds is 2. The zero-order valence-corrected chi connectivity index (χ0v) is 10.9. The lowest BCUT2D eigenvalue weighted by Crippen LogP contribution is -2.50. The minimum Gasteiger partial charge on any atom is -0.334 e. The molecule has 1 fully saturated rings. The second-order valence-corrected chi connectivity index (χ2v) is 5.11. The van der Waals surface area contributed by atoms with Gasteiger partial charge in [0, 0.05) is 43.4 Å². The van der Waals surface area contributed by atoms with Crippen molar-refractivity contribution in [2.75, 3.05) is 13.1 Å². The zero-order valence-electron chi connectivity index (χ0n) is 10.9. The summed E-state index contributed by atoms with van der Waals surface area (Å²) in [4.78, 5) is 14.3. The van der Waals surface area contributed by atoms with Crippen LogP contribution in [-0.4, -0.2) is 38.1 Å². The van der Waals surface area contributed by atoms with Crippen LogP contribution in [0.5, 0.6) is 0 Å². The first-order valence-corrected chi connectivity index (χ1v) is 6.66. The fourth-order valence-electron chi connectivity index (χ4n) is 2.64. The SMILES string of the molecule is O=C(c1cc2ccccn2c1)N1CC(n2cccn2)C1. The van der Waals surface area contributed by atoms with Crippen molar-refractivity contribution in [3.63, 3.8) is 0 Å². The summed E-state index contributed by atoms with van der Waals surface area (Å²) in [7, 11) is 0. The van der Waals surface area contributed by atoms with Crippen molar-refractivity contribution in [2.24, 2.45) is 0 Å². The molecule has 1 aliphatic heterocycles. The highest BCUT2D eigenvalue weighted by Crippen LogP contribution is 2.23. The maximum Gasteiger partial charge on any atom is 0.255 e. The molecular weight excluding hydrogens is 252 g/mol. The standard InChI is InChI=1S/C15H14N4O/c20-15(12-8-13-4-1-2-6-17(13)9-12)18-10-14(11-18)19-7-3-5-16-19/h1-9,14H,10-11H2. The highest BCUT2D eigenvalue weighted by atomic mass is 16.2. The van der Waals surface area contributed by atoms with Gasteiger partial charge in [0.25, 0.3) is 5.91 Å². The number of nitrogens with zero attached hydrogens (tertiary/aromatic N) is 4. The zero-order chi connectivity index (χ0) is 13.5. The quantitative estimate of drug-likeness (QED) is 0.710. The van der Waals surface area contributed by atoms with Gasteiger partial charge in [-0.1, -0.05) is 6.07 Å².